The number of carbonyl (C=O) groups excluding carboxylic acids is 1. The summed E-state index contributed by atoms with van der Waals surface area (Å²) in [5.74, 6) is 0.793. The third-order valence-corrected chi connectivity index (χ3v) is 6.82. The highest BCUT2D eigenvalue weighted by molar-refractivity contribution is 9.10. The number of hydrogen-bond acceptors (Lipinski definition) is 5. The molecule has 3 heterocycles. The van der Waals surface area contributed by atoms with Gasteiger partial charge in [-0.3, -0.25) is 9.69 Å². The van der Waals surface area contributed by atoms with Gasteiger partial charge in [0.05, 0.1) is 12.2 Å². The Balaban J connectivity index is 1.67. The van der Waals surface area contributed by atoms with Gasteiger partial charge in [0.1, 0.15) is 16.9 Å². The third-order valence-electron chi connectivity index (χ3n) is 5.18. The van der Waals surface area contributed by atoms with E-state index in [1.54, 1.807) is 11.3 Å². The molecule has 1 amide bonds. The molecule has 1 aromatic carbocycles. The molecule has 0 radical (unpaired) electrons. The first-order valence-electron chi connectivity index (χ1n) is 9.36. The highest BCUT2D eigenvalue weighted by Crippen LogP contribution is 2.42. The molecule has 7 heteroatoms. The number of benzene rings is 1. The van der Waals surface area contributed by atoms with Crippen LogP contribution in [-0.4, -0.2) is 30.0 Å². The van der Waals surface area contributed by atoms with Gasteiger partial charge in [-0.15, -0.1) is 11.3 Å². The highest BCUT2D eigenvalue weighted by atomic mass is 79.9. The molecule has 1 atom stereocenters. The number of fused-ring (bicyclic) bond motifs is 3. The lowest BCUT2D eigenvalue weighted by Crippen LogP contribution is -2.39. The van der Waals surface area contributed by atoms with Crippen molar-refractivity contribution in [2.45, 2.75) is 45.9 Å². The molecule has 2 aliphatic heterocycles. The number of nitrogens with zero attached hydrogens (tertiary/aromatic N) is 1. The molecule has 4 rings (SSSR count). The number of hydrogen-bond donors (Lipinski definition) is 2. The van der Waals surface area contributed by atoms with Gasteiger partial charge >= 0.3 is 0 Å². The lowest BCUT2D eigenvalue weighted by molar-refractivity contribution is 0.0934. The number of ether oxygens (including phenoxy) is 1. The van der Waals surface area contributed by atoms with E-state index in [-0.39, 0.29) is 12.1 Å². The minimum atomic E-state index is -0.301. The quantitative estimate of drug-likeness (QED) is 0.719. The van der Waals surface area contributed by atoms with Gasteiger partial charge in [-0.2, -0.15) is 0 Å². The summed E-state index contributed by atoms with van der Waals surface area (Å²) in [6, 6.07) is 6.41. The topological polar surface area (TPSA) is 53.6 Å². The number of halogens is 1. The first kappa shape index (κ1) is 18.8. The van der Waals surface area contributed by atoms with Crippen molar-refractivity contribution in [2.24, 2.45) is 0 Å². The van der Waals surface area contributed by atoms with E-state index in [1.165, 1.54) is 10.4 Å². The lowest BCUT2D eigenvalue weighted by atomic mass is 9.99. The zero-order valence-corrected chi connectivity index (χ0v) is 18.2. The van der Waals surface area contributed by atoms with E-state index in [4.69, 9.17) is 4.74 Å². The Kier molecular flexibility index (Phi) is 5.18. The lowest BCUT2D eigenvalue weighted by Gasteiger charge is -2.31. The summed E-state index contributed by atoms with van der Waals surface area (Å²) in [4.78, 5) is 16.7. The summed E-state index contributed by atoms with van der Waals surface area (Å²) in [5, 5.41) is 7.64. The fourth-order valence-electron chi connectivity index (χ4n) is 3.76. The van der Waals surface area contributed by atoms with Crippen LogP contribution in [0.3, 0.4) is 0 Å². The van der Waals surface area contributed by atoms with Gasteiger partial charge in [-0.1, -0.05) is 15.9 Å². The number of thiophene rings is 1. The molecular formula is C20H24BrN3O2S. The predicted molar refractivity (Wildman–Crippen MR) is 113 cm³/mol. The van der Waals surface area contributed by atoms with E-state index in [0.29, 0.717) is 12.6 Å². The molecule has 0 saturated carbocycles. The minimum Gasteiger partial charge on any atom is -0.493 e. The largest absolute Gasteiger partial charge is 0.493 e. The van der Waals surface area contributed by atoms with Crippen molar-refractivity contribution < 1.29 is 9.53 Å². The Hall–Kier alpha value is -1.57. The van der Waals surface area contributed by atoms with Crippen molar-refractivity contribution in [3.63, 3.8) is 0 Å². The van der Waals surface area contributed by atoms with Gasteiger partial charge in [0.15, 0.2) is 0 Å². The molecule has 1 aromatic heterocycles. The third kappa shape index (κ3) is 3.48. The van der Waals surface area contributed by atoms with Crippen molar-refractivity contribution in [3.8, 4) is 5.75 Å². The maximum Gasteiger partial charge on any atom is 0.256 e. The van der Waals surface area contributed by atoms with Gasteiger partial charge < -0.3 is 15.4 Å². The van der Waals surface area contributed by atoms with Crippen LogP contribution in [0.5, 0.6) is 5.75 Å². The average molecular weight is 450 g/mol. The van der Waals surface area contributed by atoms with Gasteiger partial charge in [0.25, 0.3) is 5.91 Å². The molecule has 2 aliphatic rings. The molecule has 0 spiro atoms. The Labute approximate surface area is 172 Å². The molecule has 5 nitrogen and oxygen atoms in total. The van der Waals surface area contributed by atoms with E-state index in [1.807, 2.05) is 25.1 Å². The molecule has 0 aliphatic carbocycles. The van der Waals surface area contributed by atoms with E-state index in [0.717, 1.165) is 45.9 Å². The average Bonchev–Trinajstić information content (AvgIpc) is 3.01. The first-order valence-corrected chi connectivity index (χ1v) is 11.0. The number of carbonyl (C=O) groups is 1. The SMILES string of the molecule is CCOc1ccc(Br)cc1[C@H]1NC(=O)c2c(sc3c2CCN(C(C)C)C3)N1. The molecule has 0 bridgehead atoms. The van der Waals surface area contributed by atoms with Gasteiger partial charge in [0, 0.05) is 34.0 Å². The van der Waals surface area contributed by atoms with Crippen LogP contribution in [0.25, 0.3) is 0 Å². The van der Waals surface area contributed by atoms with Crippen LogP contribution in [-0.2, 0) is 13.0 Å². The summed E-state index contributed by atoms with van der Waals surface area (Å²) in [5.41, 5.74) is 2.98. The van der Waals surface area contributed by atoms with Crippen LogP contribution in [0.4, 0.5) is 5.00 Å². The molecule has 2 N–H and O–H groups in total. The number of rotatable bonds is 4. The summed E-state index contributed by atoms with van der Waals surface area (Å²) in [6.07, 6.45) is 0.630. The second kappa shape index (κ2) is 7.45. The van der Waals surface area contributed by atoms with Crippen LogP contribution < -0.4 is 15.4 Å². The minimum absolute atomic E-state index is 0.00618. The second-order valence-corrected chi connectivity index (χ2v) is 9.21. The number of anilines is 1. The molecular weight excluding hydrogens is 426 g/mol. The fraction of sp³-hybridized carbons (Fsp3) is 0.450. The van der Waals surface area contributed by atoms with Gasteiger partial charge in [-0.05, 0) is 51.0 Å². The van der Waals surface area contributed by atoms with Crippen molar-refractivity contribution in [1.82, 2.24) is 10.2 Å². The maximum absolute atomic E-state index is 13.0. The van der Waals surface area contributed by atoms with Crippen molar-refractivity contribution in [2.75, 3.05) is 18.5 Å². The van der Waals surface area contributed by atoms with Crippen molar-refractivity contribution in [1.29, 1.82) is 0 Å². The summed E-state index contributed by atoms with van der Waals surface area (Å²) < 4.78 is 6.73. The van der Waals surface area contributed by atoms with E-state index in [2.05, 4.69) is 45.3 Å². The molecule has 0 fully saturated rings. The molecule has 0 unspecified atom stereocenters. The Bertz CT molecular complexity index is 880. The van der Waals surface area contributed by atoms with Crippen LogP contribution in [0.2, 0.25) is 0 Å². The maximum atomic E-state index is 13.0. The summed E-state index contributed by atoms with van der Waals surface area (Å²) in [6.45, 7) is 8.92. The number of amides is 1. The van der Waals surface area contributed by atoms with Crippen LogP contribution >= 0.6 is 27.3 Å². The molecule has 2 aromatic rings. The summed E-state index contributed by atoms with van der Waals surface area (Å²) >= 11 is 5.25. The summed E-state index contributed by atoms with van der Waals surface area (Å²) in [7, 11) is 0. The van der Waals surface area contributed by atoms with Crippen LogP contribution in [0.15, 0.2) is 22.7 Å². The zero-order valence-electron chi connectivity index (χ0n) is 15.8. The van der Waals surface area contributed by atoms with E-state index < -0.39 is 0 Å². The molecule has 27 heavy (non-hydrogen) atoms. The van der Waals surface area contributed by atoms with E-state index in [9.17, 15) is 4.79 Å². The van der Waals surface area contributed by atoms with E-state index >= 15 is 0 Å². The van der Waals surface area contributed by atoms with Gasteiger partial charge in [0.2, 0.25) is 0 Å². The van der Waals surface area contributed by atoms with Crippen LogP contribution in [0, 0.1) is 0 Å². The van der Waals surface area contributed by atoms with Crippen molar-refractivity contribution >= 4 is 38.2 Å². The number of nitrogens with one attached hydrogen (secondary N) is 2. The Morgan fingerprint density at radius 1 is 1.37 bits per heavy atom. The highest BCUT2D eigenvalue weighted by Gasteiger charge is 2.34. The molecule has 0 saturated heterocycles. The zero-order chi connectivity index (χ0) is 19.1. The van der Waals surface area contributed by atoms with Crippen LogP contribution in [0.1, 0.15) is 53.3 Å². The standard InChI is InChI=1S/C20H24BrN3O2S/c1-4-26-15-6-5-12(21)9-14(15)18-22-19(25)17-13-7-8-24(11(2)3)10-16(13)27-20(17)23-18/h5-6,9,11,18,23H,4,7-8,10H2,1-3H3,(H,22,25)/t18-/m0/s1. The van der Waals surface area contributed by atoms with Gasteiger partial charge in [-0.25, -0.2) is 0 Å². The first-order chi connectivity index (χ1) is 13.0. The van der Waals surface area contributed by atoms with Crippen molar-refractivity contribution in [3.05, 3.63) is 44.2 Å². The smallest absolute Gasteiger partial charge is 0.256 e. The monoisotopic (exact) mass is 449 g/mol. The fourth-order valence-corrected chi connectivity index (χ4v) is 5.44. The normalized spacial score (nSPS) is 19.3. The second-order valence-electron chi connectivity index (χ2n) is 7.19. The Morgan fingerprint density at radius 2 is 2.19 bits per heavy atom. The Morgan fingerprint density at radius 3 is 2.93 bits per heavy atom. The molecule has 144 valence electrons. The predicted octanol–water partition coefficient (Wildman–Crippen LogP) is 4.53.